The van der Waals surface area contributed by atoms with Gasteiger partial charge in [-0.3, -0.25) is 4.90 Å². The van der Waals surface area contributed by atoms with Crippen LogP contribution in [-0.4, -0.2) is 47.8 Å². The summed E-state index contributed by atoms with van der Waals surface area (Å²) >= 11 is 0. The first kappa shape index (κ1) is 9.44. The Morgan fingerprint density at radius 3 is 3.08 bits per heavy atom. The van der Waals surface area contributed by atoms with Crippen LogP contribution in [0.15, 0.2) is 0 Å². The Morgan fingerprint density at radius 2 is 2.31 bits per heavy atom. The van der Waals surface area contributed by atoms with E-state index in [4.69, 9.17) is 5.11 Å². The minimum atomic E-state index is 0.297. The Bertz CT molecular complexity index is 174. The number of fused-ring (bicyclic) bond motifs is 2. The molecule has 0 aromatic rings. The van der Waals surface area contributed by atoms with Gasteiger partial charge >= 0.3 is 0 Å². The summed E-state index contributed by atoms with van der Waals surface area (Å²) in [4.78, 5) is 2.47. The van der Waals surface area contributed by atoms with E-state index < -0.39 is 0 Å². The summed E-state index contributed by atoms with van der Waals surface area (Å²) in [6.07, 6.45) is 3.91. The lowest BCUT2D eigenvalue weighted by molar-refractivity contribution is 0.118. The number of aliphatic hydroxyl groups is 1. The highest BCUT2D eigenvalue weighted by molar-refractivity contribution is 4.92. The fourth-order valence-electron chi connectivity index (χ4n) is 2.78. The van der Waals surface area contributed by atoms with Crippen molar-refractivity contribution in [2.75, 3.05) is 19.7 Å². The molecule has 0 radical (unpaired) electrons. The van der Waals surface area contributed by atoms with Crippen LogP contribution in [0.3, 0.4) is 0 Å². The molecule has 1 saturated heterocycles. The molecule has 2 bridgehead atoms. The number of nitrogens with zero attached hydrogens (tertiary/aromatic N) is 1. The number of aliphatic hydroxyl groups excluding tert-OH is 1. The van der Waals surface area contributed by atoms with E-state index in [2.05, 4.69) is 17.1 Å². The molecule has 2 rings (SSSR count). The van der Waals surface area contributed by atoms with Gasteiger partial charge in [-0.25, -0.2) is 0 Å². The topological polar surface area (TPSA) is 35.5 Å². The van der Waals surface area contributed by atoms with Crippen molar-refractivity contribution in [1.29, 1.82) is 0 Å². The average molecular weight is 184 g/mol. The van der Waals surface area contributed by atoms with Crippen LogP contribution in [-0.2, 0) is 0 Å². The maximum absolute atomic E-state index is 8.99. The molecule has 0 amide bonds. The third-order valence-electron chi connectivity index (χ3n) is 3.50. The van der Waals surface area contributed by atoms with Crippen LogP contribution in [0, 0.1) is 0 Å². The molecule has 1 aliphatic heterocycles. The highest BCUT2D eigenvalue weighted by Gasteiger charge is 2.34. The molecular formula is C10H20N2O. The van der Waals surface area contributed by atoms with Gasteiger partial charge in [0.1, 0.15) is 0 Å². The van der Waals surface area contributed by atoms with Gasteiger partial charge in [-0.05, 0) is 26.2 Å². The Labute approximate surface area is 80.1 Å². The van der Waals surface area contributed by atoms with Crippen LogP contribution in [0.25, 0.3) is 0 Å². The van der Waals surface area contributed by atoms with E-state index >= 15 is 0 Å². The summed E-state index contributed by atoms with van der Waals surface area (Å²) in [6, 6.07) is 2.06. The van der Waals surface area contributed by atoms with Gasteiger partial charge in [-0.2, -0.15) is 0 Å². The van der Waals surface area contributed by atoms with E-state index in [0.717, 1.165) is 25.2 Å². The molecule has 2 fully saturated rings. The summed E-state index contributed by atoms with van der Waals surface area (Å²) < 4.78 is 0. The number of β-amino-alcohol motifs (C(OH)–C–C–N with tert-alkyl or cyclic N) is 1. The number of hydrogen-bond donors (Lipinski definition) is 2. The largest absolute Gasteiger partial charge is 0.395 e. The first-order valence-corrected chi connectivity index (χ1v) is 5.41. The molecule has 3 heteroatoms. The Kier molecular flexibility index (Phi) is 2.86. The quantitative estimate of drug-likeness (QED) is 0.643. The van der Waals surface area contributed by atoms with Gasteiger partial charge in [-0.1, -0.05) is 0 Å². The van der Waals surface area contributed by atoms with Crippen LogP contribution in [0.2, 0.25) is 0 Å². The third-order valence-corrected chi connectivity index (χ3v) is 3.50. The molecule has 0 aromatic carbocycles. The molecule has 13 heavy (non-hydrogen) atoms. The van der Waals surface area contributed by atoms with Crippen molar-refractivity contribution >= 4 is 0 Å². The lowest BCUT2D eigenvalue weighted by Crippen LogP contribution is -2.45. The van der Waals surface area contributed by atoms with Crippen molar-refractivity contribution < 1.29 is 5.11 Å². The zero-order valence-electron chi connectivity index (χ0n) is 8.37. The molecule has 3 nitrogen and oxygen atoms in total. The SMILES string of the molecule is CC1CNC2CCC(C2)N1CCO. The minimum Gasteiger partial charge on any atom is -0.395 e. The molecule has 76 valence electrons. The second kappa shape index (κ2) is 3.95. The fraction of sp³-hybridized carbons (Fsp3) is 1.00. The minimum absolute atomic E-state index is 0.297. The molecule has 0 spiro atoms. The van der Waals surface area contributed by atoms with E-state index in [0.29, 0.717) is 12.6 Å². The van der Waals surface area contributed by atoms with E-state index in [1.165, 1.54) is 19.3 Å². The number of hydrogen-bond acceptors (Lipinski definition) is 3. The first-order valence-electron chi connectivity index (χ1n) is 5.41. The number of rotatable bonds is 2. The number of nitrogens with one attached hydrogen (secondary N) is 1. The highest BCUT2D eigenvalue weighted by Crippen LogP contribution is 2.27. The summed E-state index contributed by atoms with van der Waals surface area (Å²) in [5.41, 5.74) is 0. The van der Waals surface area contributed by atoms with Crippen molar-refractivity contribution in [2.45, 2.75) is 44.3 Å². The smallest absolute Gasteiger partial charge is 0.0558 e. The van der Waals surface area contributed by atoms with Gasteiger partial charge in [0.15, 0.2) is 0 Å². The molecular weight excluding hydrogens is 164 g/mol. The van der Waals surface area contributed by atoms with Gasteiger partial charge in [0.25, 0.3) is 0 Å². The summed E-state index contributed by atoms with van der Waals surface area (Å²) in [5.74, 6) is 0. The fourth-order valence-corrected chi connectivity index (χ4v) is 2.78. The normalized spacial score (nSPS) is 40.6. The van der Waals surface area contributed by atoms with Gasteiger partial charge in [0.2, 0.25) is 0 Å². The van der Waals surface area contributed by atoms with Crippen LogP contribution in [0.5, 0.6) is 0 Å². The van der Waals surface area contributed by atoms with Crippen LogP contribution in [0.4, 0.5) is 0 Å². The molecule has 1 saturated carbocycles. The van der Waals surface area contributed by atoms with E-state index in [1.807, 2.05) is 0 Å². The lowest BCUT2D eigenvalue weighted by atomic mass is 10.1. The zero-order chi connectivity index (χ0) is 9.26. The Morgan fingerprint density at radius 1 is 1.46 bits per heavy atom. The van der Waals surface area contributed by atoms with Crippen molar-refractivity contribution in [2.24, 2.45) is 0 Å². The van der Waals surface area contributed by atoms with Crippen molar-refractivity contribution in [1.82, 2.24) is 10.2 Å². The van der Waals surface area contributed by atoms with E-state index in [-0.39, 0.29) is 0 Å². The summed E-state index contributed by atoms with van der Waals surface area (Å²) in [7, 11) is 0. The van der Waals surface area contributed by atoms with Crippen LogP contribution in [0.1, 0.15) is 26.2 Å². The van der Waals surface area contributed by atoms with Crippen LogP contribution >= 0.6 is 0 Å². The van der Waals surface area contributed by atoms with Gasteiger partial charge in [0, 0.05) is 31.2 Å². The Hall–Kier alpha value is -0.120. The third kappa shape index (κ3) is 1.87. The van der Waals surface area contributed by atoms with Gasteiger partial charge in [-0.15, -0.1) is 0 Å². The molecule has 1 heterocycles. The second-order valence-electron chi connectivity index (χ2n) is 4.38. The zero-order valence-corrected chi connectivity index (χ0v) is 8.37. The standard InChI is InChI=1S/C10H20N2O/c1-8-7-11-9-2-3-10(6-9)12(8)4-5-13/h8-11,13H,2-7H2,1H3. The van der Waals surface area contributed by atoms with Crippen molar-refractivity contribution in [3.8, 4) is 0 Å². The molecule has 2 N–H and O–H groups in total. The first-order chi connectivity index (χ1) is 6.31. The predicted molar refractivity (Wildman–Crippen MR) is 52.7 cm³/mol. The van der Waals surface area contributed by atoms with Crippen molar-refractivity contribution in [3.63, 3.8) is 0 Å². The van der Waals surface area contributed by atoms with Gasteiger partial charge < -0.3 is 10.4 Å². The maximum atomic E-state index is 8.99. The molecule has 3 unspecified atom stereocenters. The molecule has 2 aliphatic rings. The summed E-state index contributed by atoms with van der Waals surface area (Å²) in [6.45, 7) is 4.48. The monoisotopic (exact) mass is 184 g/mol. The molecule has 1 aliphatic carbocycles. The Balaban J connectivity index is 2.02. The second-order valence-corrected chi connectivity index (χ2v) is 4.38. The lowest BCUT2D eigenvalue weighted by Gasteiger charge is -2.32. The predicted octanol–water partition coefficient (Wildman–Crippen LogP) is 0.194. The van der Waals surface area contributed by atoms with E-state index in [1.54, 1.807) is 0 Å². The van der Waals surface area contributed by atoms with E-state index in [9.17, 15) is 0 Å². The van der Waals surface area contributed by atoms with Crippen LogP contribution < -0.4 is 5.32 Å². The average Bonchev–Trinajstić information content (AvgIpc) is 2.52. The molecule has 3 atom stereocenters. The molecule has 0 aromatic heterocycles. The van der Waals surface area contributed by atoms with Gasteiger partial charge in [0.05, 0.1) is 6.61 Å². The maximum Gasteiger partial charge on any atom is 0.0558 e. The summed E-state index contributed by atoms with van der Waals surface area (Å²) in [5, 5.41) is 12.6. The van der Waals surface area contributed by atoms with Crippen molar-refractivity contribution in [3.05, 3.63) is 0 Å². The highest BCUT2D eigenvalue weighted by atomic mass is 16.3.